The molecule has 0 bridgehead atoms. The van der Waals surface area contributed by atoms with E-state index in [-0.39, 0.29) is 11.5 Å². The van der Waals surface area contributed by atoms with Gasteiger partial charge >= 0.3 is 0 Å². The first-order valence-electron chi connectivity index (χ1n) is 7.06. The Bertz CT molecular complexity index is 482. The van der Waals surface area contributed by atoms with Crippen molar-refractivity contribution in [3.63, 3.8) is 0 Å². The van der Waals surface area contributed by atoms with Crippen LogP contribution in [0.2, 0.25) is 0 Å². The lowest BCUT2D eigenvalue weighted by molar-refractivity contribution is 0.317. The van der Waals surface area contributed by atoms with Crippen molar-refractivity contribution >= 4 is 9.84 Å². The van der Waals surface area contributed by atoms with E-state index in [2.05, 4.69) is 12.2 Å². The monoisotopic (exact) mass is 299 g/mol. The van der Waals surface area contributed by atoms with E-state index in [0.717, 1.165) is 12.2 Å². The highest BCUT2D eigenvalue weighted by Gasteiger charge is 2.06. The van der Waals surface area contributed by atoms with Gasteiger partial charge in [0.2, 0.25) is 0 Å². The van der Waals surface area contributed by atoms with E-state index < -0.39 is 9.84 Å². The zero-order chi connectivity index (χ0) is 15.0. The van der Waals surface area contributed by atoms with Crippen LogP contribution in [0, 0.1) is 0 Å². The fourth-order valence-corrected chi connectivity index (χ4v) is 2.64. The molecule has 0 saturated carbocycles. The summed E-state index contributed by atoms with van der Waals surface area (Å²) < 4.78 is 28.2. The molecule has 1 N–H and O–H groups in total. The molecule has 1 aromatic carbocycles. The normalized spacial score (nSPS) is 13.2. The minimum atomic E-state index is -2.88. The molecule has 0 aliphatic heterocycles. The molecule has 0 aliphatic carbocycles. The highest BCUT2D eigenvalue weighted by Crippen LogP contribution is 2.13. The van der Waals surface area contributed by atoms with Gasteiger partial charge in [0.05, 0.1) is 12.4 Å². The van der Waals surface area contributed by atoms with Gasteiger partial charge in [-0.1, -0.05) is 19.1 Å². The first-order valence-corrected chi connectivity index (χ1v) is 8.88. The minimum Gasteiger partial charge on any atom is -0.494 e. The summed E-state index contributed by atoms with van der Waals surface area (Å²) in [7, 11) is -0.933. The van der Waals surface area contributed by atoms with Crippen molar-refractivity contribution in [1.29, 1.82) is 0 Å². The third kappa shape index (κ3) is 6.39. The molecule has 1 atom stereocenters. The van der Waals surface area contributed by atoms with Crippen molar-refractivity contribution in [3.05, 3.63) is 29.8 Å². The van der Waals surface area contributed by atoms with E-state index in [1.165, 1.54) is 5.56 Å². The van der Waals surface area contributed by atoms with Crippen molar-refractivity contribution in [2.24, 2.45) is 0 Å². The Morgan fingerprint density at radius 2 is 1.90 bits per heavy atom. The van der Waals surface area contributed by atoms with Crippen LogP contribution in [0.3, 0.4) is 0 Å². The summed E-state index contributed by atoms with van der Waals surface area (Å²) >= 11 is 0. The van der Waals surface area contributed by atoms with Crippen molar-refractivity contribution in [2.45, 2.75) is 32.7 Å². The molecule has 0 heterocycles. The molecule has 0 spiro atoms. The van der Waals surface area contributed by atoms with Gasteiger partial charge in [0.1, 0.15) is 15.6 Å². The van der Waals surface area contributed by atoms with Crippen molar-refractivity contribution in [3.8, 4) is 5.75 Å². The Morgan fingerprint density at radius 1 is 1.25 bits per heavy atom. The largest absolute Gasteiger partial charge is 0.494 e. The zero-order valence-electron chi connectivity index (χ0n) is 12.6. The third-order valence-corrected chi connectivity index (χ3v) is 5.06. The Labute approximate surface area is 122 Å². The van der Waals surface area contributed by atoms with Gasteiger partial charge in [0.25, 0.3) is 0 Å². The van der Waals surface area contributed by atoms with Gasteiger partial charge in [0.15, 0.2) is 0 Å². The van der Waals surface area contributed by atoms with Gasteiger partial charge < -0.3 is 10.1 Å². The molecule has 1 aromatic rings. The summed E-state index contributed by atoms with van der Waals surface area (Å²) in [6, 6.07) is 8.41. The van der Waals surface area contributed by atoms with Gasteiger partial charge in [-0.05, 0) is 44.5 Å². The molecule has 0 fully saturated rings. The second-order valence-corrected chi connectivity index (χ2v) is 7.45. The van der Waals surface area contributed by atoms with Crippen LogP contribution in [-0.2, 0) is 16.3 Å². The standard InChI is InChI=1S/C15H25NO3S/c1-4-20(17,18)11-5-10-19-15-8-6-14(7-9-15)12-13(2)16-3/h6-9,13,16H,4-5,10-12H2,1-3H3. The average molecular weight is 299 g/mol. The van der Waals surface area contributed by atoms with Crippen LogP contribution in [0.4, 0.5) is 0 Å². The van der Waals surface area contributed by atoms with E-state index in [0.29, 0.717) is 19.1 Å². The molecule has 0 amide bonds. The van der Waals surface area contributed by atoms with Crippen LogP contribution in [0.15, 0.2) is 24.3 Å². The fraction of sp³-hybridized carbons (Fsp3) is 0.600. The summed E-state index contributed by atoms with van der Waals surface area (Å²) in [6.07, 6.45) is 1.51. The summed E-state index contributed by atoms with van der Waals surface area (Å²) in [5.41, 5.74) is 1.26. The van der Waals surface area contributed by atoms with E-state index in [1.54, 1.807) is 6.92 Å². The molecule has 1 rings (SSSR count). The van der Waals surface area contributed by atoms with E-state index in [9.17, 15) is 8.42 Å². The number of likely N-dealkylation sites (N-methyl/N-ethyl adjacent to an activating group) is 1. The van der Waals surface area contributed by atoms with Crippen LogP contribution in [-0.4, -0.2) is 39.6 Å². The molecule has 114 valence electrons. The number of rotatable bonds is 9. The predicted molar refractivity (Wildman–Crippen MR) is 83.1 cm³/mol. The van der Waals surface area contributed by atoms with Crippen LogP contribution < -0.4 is 10.1 Å². The van der Waals surface area contributed by atoms with Crippen molar-refractivity contribution in [2.75, 3.05) is 25.2 Å². The lowest BCUT2D eigenvalue weighted by Gasteiger charge is -2.11. The van der Waals surface area contributed by atoms with Gasteiger partial charge in [-0.2, -0.15) is 0 Å². The topological polar surface area (TPSA) is 55.4 Å². The Hall–Kier alpha value is -1.07. The van der Waals surface area contributed by atoms with Crippen LogP contribution >= 0.6 is 0 Å². The molecule has 1 unspecified atom stereocenters. The maximum atomic E-state index is 11.3. The summed E-state index contributed by atoms with van der Waals surface area (Å²) in [5.74, 6) is 1.19. The smallest absolute Gasteiger partial charge is 0.150 e. The number of benzene rings is 1. The predicted octanol–water partition coefficient (Wildman–Crippen LogP) is 2.04. The van der Waals surface area contributed by atoms with E-state index in [1.807, 2.05) is 31.3 Å². The second kappa shape index (κ2) is 8.27. The lowest BCUT2D eigenvalue weighted by Crippen LogP contribution is -2.23. The van der Waals surface area contributed by atoms with Gasteiger partial charge in [-0.25, -0.2) is 8.42 Å². The molecule has 20 heavy (non-hydrogen) atoms. The molecular weight excluding hydrogens is 274 g/mol. The number of hydrogen-bond acceptors (Lipinski definition) is 4. The molecule has 4 nitrogen and oxygen atoms in total. The van der Waals surface area contributed by atoms with Crippen molar-refractivity contribution < 1.29 is 13.2 Å². The Kier molecular flexibility index (Phi) is 7.02. The number of hydrogen-bond donors (Lipinski definition) is 1. The molecular formula is C15H25NO3S. The molecule has 0 saturated heterocycles. The Balaban J connectivity index is 2.35. The summed E-state index contributed by atoms with van der Waals surface area (Å²) in [4.78, 5) is 0. The molecule has 5 heteroatoms. The van der Waals surface area contributed by atoms with E-state index >= 15 is 0 Å². The maximum Gasteiger partial charge on any atom is 0.150 e. The number of nitrogens with one attached hydrogen (secondary N) is 1. The quantitative estimate of drug-likeness (QED) is 0.709. The van der Waals surface area contributed by atoms with Gasteiger partial charge in [0, 0.05) is 11.8 Å². The maximum absolute atomic E-state index is 11.3. The van der Waals surface area contributed by atoms with Crippen LogP contribution in [0.25, 0.3) is 0 Å². The number of sulfone groups is 1. The minimum absolute atomic E-state index is 0.196. The molecule has 0 radical (unpaired) electrons. The van der Waals surface area contributed by atoms with Crippen molar-refractivity contribution in [1.82, 2.24) is 5.32 Å². The summed E-state index contributed by atoms with van der Waals surface area (Å²) in [6.45, 7) is 4.24. The fourth-order valence-electron chi connectivity index (χ4n) is 1.79. The average Bonchev–Trinajstić information content (AvgIpc) is 2.45. The van der Waals surface area contributed by atoms with Gasteiger partial charge in [-0.3, -0.25) is 0 Å². The van der Waals surface area contributed by atoms with Crippen LogP contribution in [0.1, 0.15) is 25.8 Å². The highest BCUT2D eigenvalue weighted by atomic mass is 32.2. The highest BCUT2D eigenvalue weighted by molar-refractivity contribution is 7.91. The molecule has 0 aromatic heterocycles. The first kappa shape index (κ1) is 17.0. The van der Waals surface area contributed by atoms with Gasteiger partial charge in [-0.15, -0.1) is 0 Å². The second-order valence-electron chi connectivity index (χ2n) is 4.98. The zero-order valence-corrected chi connectivity index (χ0v) is 13.4. The first-order chi connectivity index (χ1) is 9.46. The third-order valence-electron chi connectivity index (χ3n) is 3.27. The lowest BCUT2D eigenvalue weighted by atomic mass is 10.1. The SMILES string of the molecule is CCS(=O)(=O)CCCOc1ccc(CC(C)NC)cc1. The Morgan fingerprint density at radius 3 is 2.45 bits per heavy atom. The van der Waals surface area contributed by atoms with Crippen LogP contribution in [0.5, 0.6) is 5.75 Å². The molecule has 0 aliphatic rings. The number of ether oxygens (including phenoxy) is 1. The van der Waals surface area contributed by atoms with E-state index in [4.69, 9.17) is 4.74 Å². The summed E-state index contributed by atoms with van der Waals surface area (Å²) in [5, 5.41) is 3.20.